The van der Waals surface area contributed by atoms with Gasteiger partial charge in [0.25, 0.3) is 5.91 Å². The van der Waals surface area contributed by atoms with Crippen LogP contribution in [-0.4, -0.2) is 45.2 Å². The number of amides is 1. The van der Waals surface area contributed by atoms with Crippen molar-refractivity contribution in [3.8, 4) is 5.75 Å². The maximum atomic E-state index is 13.6. The van der Waals surface area contributed by atoms with Crippen molar-refractivity contribution < 1.29 is 13.9 Å². The first-order chi connectivity index (χ1) is 14.6. The first-order valence-electron chi connectivity index (χ1n) is 10.3. The predicted molar refractivity (Wildman–Crippen MR) is 116 cm³/mol. The highest BCUT2D eigenvalue weighted by molar-refractivity contribution is 5.97. The second kappa shape index (κ2) is 8.73. The largest absolute Gasteiger partial charge is 0.482 e. The van der Waals surface area contributed by atoms with E-state index in [1.807, 2.05) is 30.3 Å². The molecule has 158 valence electrons. The molecule has 7 heteroatoms. The highest BCUT2D eigenvalue weighted by Gasteiger charge is 2.44. The van der Waals surface area contributed by atoms with Crippen LogP contribution in [0.25, 0.3) is 0 Å². The van der Waals surface area contributed by atoms with E-state index in [4.69, 9.17) is 4.74 Å². The van der Waals surface area contributed by atoms with E-state index in [1.54, 1.807) is 24.1 Å². The molecular weight excluding hydrogens is 383 g/mol. The number of rotatable bonds is 7. The lowest BCUT2D eigenvalue weighted by Crippen LogP contribution is -2.43. The lowest BCUT2D eigenvalue weighted by molar-refractivity contribution is -0.121. The fraction of sp³-hybridized carbons (Fsp3) is 0.391. The molecule has 1 fully saturated rings. The topological polar surface area (TPSA) is 66.0 Å². The van der Waals surface area contributed by atoms with E-state index in [9.17, 15) is 9.18 Å². The molecule has 30 heavy (non-hydrogen) atoms. The number of hydrogen-bond donors (Lipinski definition) is 2. The molecule has 0 aromatic heterocycles. The number of carbonyl (C=O) groups excluding carboxylic acids is 1. The minimum Gasteiger partial charge on any atom is -0.482 e. The van der Waals surface area contributed by atoms with Crippen LogP contribution in [0.4, 0.5) is 10.1 Å². The lowest BCUT2D eigenvalue weighted by Gasteiger charge is -2.29. The van der Waals surface area contributed by atoms with Crippen molar-refractivity contribution in [3.05, 3.63) is 59.9 Å². The molecule has 2 aromatic rings. The zero-order chi connectivity index (χ0) is 21.0. The number of aliphatic imine (C=N–C) groups is 1. The van der Waals surface area contributed by atoms with Gasteiger partial charge in [-0.2, -0.15) is 0 Å². The number of nitrogens with one attached hydrogen (secondary N) is 2. The van der Waals surface area contributed by atoms with Gasteiger partial charge in [0.15, 0.2) is 12.6 Å². The standard InChI is InChI=1S/C23H27FN4O2/c1-25-22(27-16-23(10-11-23)17-6-4-7-18(24)14-17)26-12-5-13-28-19-8-2-3-9-20(19)30-15-21(28)29/h2-4,6-9,14H,5,10-13,15-16H2,1H3,(H2,25,26,27). The Kier molecular flexibility index (Phi) is 5.88. The summed E-state index contributed by atoms with van der Waals surface area (Å²) in [5.41, 5.74) is 1.85. The molecule has 1 amide bonds. The van der Waals surface area contributed by atoms with Gasteiger partial charge in [0, 0.05) is 32.1 Å². The van der Waals surface area contributed by atoms with Crippen LogP contribution in [0.3, 0.4) is 0 Å². The average Bonchev–Trinajstić information content (AvgIpc) is 3.56. The van der Waals surface area contributed by atoms with Gasteiger partial charge >= 0.3 is 0 Å². The Hall–Kier alpha value is -3.09. The molecule has 1 heterocycles. The summed E-state index contributed by atoms with van der Waals surface area (Å²) in [4.78, 5) is 18.3. The van der Waals surface area contributed by atoms with Gasteiger partial charge in [-0.3, -0.25) is 9.79 Å². The van der Waals surface area contributed by atoms with Crippen LogP contribution in [0.2, 0.25) is 0 Å². The van der Waals surface area contributed by atoms with Crippen LogP contribution in [0.15, 0.2) is 53.5 Å². The molecule has 1 aliphatic carbocycles. The van der Waals surface area contributed by atoms with E-state index in [1.165, 1.54) is 6.07 Å². The summed E-state index contributed by atoms with van der Waals surface area (Å²) in [6.45, 7) is 2.08. The third-order valence-corrected chi connectivity index (χ3v) is 5.77. The third-order valence-electron chi connectivity index (χ3n) is 5.77. The molecule has 0 atom stereocenters. The number of halogens is 1. The average molecular weight is 410 g/mol. The molecular formula is C23H27FN4O2. The van der Waals surface area contributed by atoms with E-state index in [0.717, 1.165) is 36.3 Å². The fourth-order valence-corrected chi connectivity index (χ4v) is 3.85. The Morgan fingerprint density at radius 2 is 2.03 bits per heavy atom. The summed E-state index contributed by atoms with van der Waals surface area (Å²) in [5.74, 6) is 1.24. The summed E-state index contributed by atoms with van der Waals surface area (Å²) < 4.78 is 19.1. The Morgan fingerprint density at radius 1 is 1.20 bits per heavy atom. The zero-order valence-electron chi connectivity index (χ0n) is 17.2. The zero-order valence-corrected chi connectivity index (χ0v) is 17.2. The Labute approximate surface area is 176 Å². The molecule has 6 nitrogen and oxygen atoms in total. The molecule has 2 aromatic carbocycles. The number of anilines is 1. The SMILES string of the molecule is CN=C(NCCCN1C(=O)COc2ccccc21)NCC1(c2cccc(F)c2)CC1. The number of hydrogen-bond acceptors (Lipinski definition) is 3. The third kappa shape index (κ3) is 4.40. The number of ether oxygens (including phenoxy) is 1. The van der Waals surface area contributed by atoms with E-state index in [0.29, 0.717) is 25.6 Å². The number of benzene rings is 2. The molecule has 0 radical (unpaired) electrons. The molecule has 1 saturated carbocycles. The highest BCUT2D eigenvalue weighted by Crippen LogP contribution is 2.47. The van der Waals surface area contributed by atoms with Gasteiger partial charge in [0.1, 0.15) is 11.6 Å². The van der Waals surface area contributed by atoms with Crippen molar-refractivity contribution >= 4 is 17.6 Å². The highest BCUT2D eigenvalue weighted by atomic mass is 19.1. The van der Waals surface area contributed by atoms with Crippen molar-refractivity contribution in [2.45, 2.75) is 24.7 Å². The first-order valence-corrected chi connectivity index (χ1v) is 10.3. The normalized spacial score (nSPS) is 17.2. The van der Waals surface area contributed by atoms with Crippen LogP contribution in [0.1, 0.15) is 24.8 Å². The molecule has 2 N–H and O–H groups in total. The second-order valence-electron chi connectivity index (χ2n) is 7.80. The molecule has 2 aliphatic rings. The predicted octanol–water partition coefficient (Wildman–Crippen LogP) is 2.84. The van der Waals surface area contributed by atoms with Crippen LogP contribution in [-0.2, 0) is 10.2 Å². The van der Waals surface area contributed by atoms with Crippen LogP contribution in [0.5, 0.6) is 5.75 Å². The molecule has 0 unspecified atom stereocenters. The van der Waals surface area contributed by atoms with Crippen molar-refractivity contribution in [2.75, 3.05) is 38.2 Å². The minimum atomic E-state index is -0.194. The summed E-state index contributed by atoms with van der Waals surface area (Å²) in [6.07, 6.45) is 2.85. The smallest absolute Gasteiger partial charge is 0.265 e. The molecule has 0 bridgehead atoms. The van der Waals surface area contributed by atoms with Gasteiger partial charge in [0.2, 0.25) is 0 Å². The summed E-state index contributed by atoms with van der Waals surface area (Å²) >= 11 is 0. The maximum absolute atomic E-state index is 13.6. The molecule has 0 spiro atoms. The van der Waals surface area contributed by atoms with E-state index >= 15 is 0 Å². The van der Waals surface area contributed by atoms with E-state index in [-0.39, 0.29) is 23.7 Å². The summed E-state index contributed by atoms with van der Waals surface area (Å²) in [7, 11) is 1.73. The minimum absolute atomic E-state index is 0.0103. The second-order valence-corrected chi connectivity index (χ2v) is 7.80. The first kappa shape index (κ1) is 20.2. The van der Waals surface area contributed by atoms with Gasteiger partial charge in [-0.05, 0) is 49.1 Å². The Morgan fingerprint density at radius 3 is 2.80 bits per heavy atom. The van der Waals surface area contributed by atoms with Crippen LogP contribution >= 0.6 is 0 Å². The van der Waals surface area contributed by atoms with Crippen LogP contribution < -0.4 is 20.3 Å². The van der Waals surface area contributed by atoms with Gasteiger partial charge in [-0.1, -0.05) is 24.3 Å². The van der Waals surface area contributed by atoms with Crippen molar-refractivity contribution in [1.82, 2.24) is 10.6 Å². The number of nitrogens with zero attached hydrogens (tertiary/aromatic N) is 2. The van der Waals surface area contributed by atoms with Crippen molar-refractivity contribution in [2.24, 2.45) is 4.99 Å². The van der Waals surface area contributed by atoms with E-state index in [2.05, 4.69) is 15.6 Å². The quantitative estimate of drug-likeness (QED) is 0.419. The van der Waals surface area contributed by atoms with Gasteiger partial charge < -0.3 is 20.3 Å². The van der Waals surface area contributed by atoms with Gasteiger partial charge in [0.05, 0.1) is 5.69 Å². The van der Waals surface area contributed by atoms with Crippen LogP contribution in [0, 0.1) is 5.82 Å². The maximum Gasteiger partial charge on any atom is 0.265 e. The number of para-hydroxylation sites is 2. The molecule has 1 aliphatic heterocycles. The van der Waals surface area contributed by atoms with Crippen molar-refractivity contribution in [3.63, 3.8) is 0 Å². The summed E-state index contributed by atoms with van der Waals surface area (Å²) in [5, 5.41) is 6.68. The lowest BCUT2D eigenvalue weighted by atomic mass is 9.96. The number of guanidine groups is 1. The molecule has 0 saturated heterocycles. The monoisotopic (exact) mass is 410 g/mol. The van der Waals surface area contributed by atoms with Gasteiger partial charge in [-0.15, -0.1) is 0 Å². The summed E-state index contributed by atoms with van der Waals surface area (Å²) in [6, 6.07) is 14.5. The Balaban J connectivity index is 1.25. The van der Waals surface area contributed by atoms with E-state index < -0.39 is 0 Å². The van der Waals surface area contributed by atoms with Gasteiger partial charge in [-0.25, -0.2) is 4.39 Å². The fourth-order valence-electron chi connectivity index (χ4n) is 3.85. The number of carbonyl (C=O) groups is 1. The Bertz CT molecular complexity index is 942. The number of fused-ring (bicyclic) bond motifs is 1. The van der Waals surface area contributed by atoms with Crippen molar-refractivity contribution in [1.29, 1.82) is 0 Å². The molecule has 4 rings (SSSR count).